The van der Waals surface area contributed by atoms with Gasteiger partial charge in [-0.2, -0.15) is 0 Å². The molecule has 0 radical (unpaired) electrons. The van der Waals surface area contributed by atoms with Gasteiger partial charge in [-0.05, 0) is 18.6 Å². The van der Waals surface area contributed by atoms with Crippen LogP contribution in [0.3, 0.4) is 0 Å². The van der Waals surface area contributed by atoms with Gasteiger partial charge in [-0.3, -0.25) is 0 Å². The third-order valence-corrected chi connectivity index (χ3v) is 2.25. The molecule has 4 N–H and O–H groups in total. The molecule has 0 aliphatic heterocycles. The minimum atomic E-state index is -1.43. The number of aliphatic carboxylic acids is 1. The molecule has 0 saturated heterocycles. The molecule has 1 aromatic rings. The van der Waals surface area contributed by atoms with Crippen molar-refractivity contribution in [3.05, 3.63) is 29.6 Å². The fourth-order valence-corrected chi connectivity index (χ4v) is 1.28. The number of carbonyl (C=O) groups excluding carboxylic acids is 1. The number of hydrogen-bond donors (Lipinski definition) is 4. The lowest BCUT2D eigenvalue weighted by molar-refractivity contribution is -0.140. The number of halogens is 1. The SMILES string of the molecule is Cc1cccc(F)c1NC(=O)N[C@H](CO)C(=O)O. The molecular weight excluding hydrogens is 243 g/mol. The second kappa shape index (κ2) is 5.97. The van der Waals surface area contributed by atoms with Crippen LogP contribution in [0.15, 0.2) is 18.2 Å². The average molecular weight is 256 g/mol. The molecular formula is C11H13FN2O4. The van der Waals surface area contributed by atoms with E-state index in [9.17, 15) is 14.0 Å². The van der Waals surface area contributed by atoms with Gasteiger partial charge in [0.1, 0.15) is 5.82 Å². The van der Waals surface area contributed by atoms with E-state index in [1.165, 1.54) is 12.1 Å². The molecule has 0 unspecified atom stereocenters. The van der Waals surface area contributed by atoms with Gasteiger partial charge in [-0.1, -0.05) is 12.1 Å². The Balaban J connectivity index is 2.73. The molecule has 1 aromatic carbocycles. The van der Waals surface area contributed by atoms with Crippen LogP contribution >= 0.6 is 0 Å². The van der Waals surface area contributed by atoms with Crippen molar-refractivity contribution in [2.75, 3.05) is 11.9 Å². The van der Waals surface area contributed by atoms with Crippen molar-refractivity contribution in [1.82, 2.24) is 5.32 Å². The van der Waals surface area contributed by atoms with Gasteiger partial charge < -0.3 is 20.8 Å². The lowest BCUT2D eigenvalue weighted by Gasteiger charge is -2.14. The third kappa shape index (κ3) is 3.42. The number of anilines is 1. The summed E-state index contributed by atoms with van der Waals surface area (Å²) in [6.07, 6.45) is 0. The van der Waals surface area contributed by atoms with Gasteiger partial charge in [0.2, 0.25) is 0 Å². The summed E-state index contributed by atoms with van der Waals surface area (Å²) in [6, 6.07) is 1.92. The number of carboxylic acids is 1. The van der Waals surface area contributed by atoms with Gasteiger partial charge in [0, 0.05) is 0 Å². The maximum Gasteiger partial charge on any atom is 0.328 e. The minimum absolute atomic E-state index is 0.0305. The summed E-state index contributed by atoms with van der Waals surface area (Å²) < 4.78 is 13.4. The molecule has 2 amide bonds. The van der Waals surface area contributed by atoms with E-state index in [0.717, 1.165) is 0 Å². The van der Waals surface area contributed by atoms with Crippen LogP contribution in [0.2, 0.25) is 0 Å². The fraction of sp³-hybridized carbons (Fsp3) is 0.273. The van der Waals surface area contributed by atoms with E-state index < -0.39 is 30.5 Å². The number of para-hydroxylation sites is 1. The molecule has 0 saturated carbocycles. The second-order valence-electron chi connectivity index (χ2n) is 3.60. The van der Waals surface area contributed by atoms with Crippen LogP contribution in [0.5, 0.6) is 0 Å². The van der Waals surface area contributed by atoms with Crippen LogP contribution in [0.1, 0.15) is 5.56 Å². The molecule has 0 aliphatic rings. The normalized spacial score (nSPS) is 11.7. The minimum Gasteiger partial charge on any atom is -0.480 e. The number of aliphatic hydroxyl groups excluding tert-OH is 1. The van der Waals surface area contributed by atoms with Crippen molar-refractivity contribution in [2.45, 2.75) is 13.0 Å². The zero-order valence-electron chi connectivity index (χ0n) is 9.61. The van der Waals surface area contributed by atoms with E-state index in [1.54, 1.807) is 13.0 Å². The van der Waals surface area contributed by atoms with E-state index >= 15 is 0 Å². The number of aryl methyl sites for hydroxylation is 1. The summed E-state index contributed by atoms with van der Waals surface area (Å²) >= 11 is 0. The van der Waals surface area contributed by atoms with Crippen LogP contribution in [0.25, 0.3) is 0 Å². The first-order valence-corrected chi connectivity index (χ1v) is 5.12. The molecule has 0 heterocycles. The first kappa shape index (κ1) is 13.9. The summed E-state index contributed by atoms with van der Waals surface area (Å²) in [5, 5.41) is 21.5. The van der Waals surface area contributed by atoms with Crippen molar-refractivity contribution in [1.29, 1.82) is 0 Å². The zero-order chi connectivity index (χ0) is 13.7. The van der Waals surface area contributed by atoms with Gasteiger partial charge >= 0.3 is 12.0 Å². The highest BCUT2D eigenvalue weighted by molar-refractivity contribution is 5.93. The fourth-order valence-electron chi connectivity index (χ4n) is 1.28. The van der Waals surface area contributed by atoms with Crippen LogP contribution < -0.4 is 10.6 Å². The van der Waals surface area contributed by atoms with Crippen molar-refractivity contribution in [3.8, 4) is 0 Å². The lowest BCUT2D eigenvalue weighted by Crippen LogP contribution is -2.45. The molecule has 0 spiro atoms. The summed E-state index contributed by atoms with van der Waals surface area (Å²) in [4.78, 5) is 22.0. The van der Waals surface area contributed by atoms with Crippen molar-refractivity contribution < 1.29 is 24.2 Å². The van der Waals surface area contributed by atoms with Crippen molar-refractivity contribution in [2.24, 2.45) is 0 Å². The predicted molar refractivity (Wildman–Crippen MR) is 61.8 cm³/mol. The molecule has 1 atom stereocenters. The Labute approximate surface area is 102 Å². The standard InChI is InChI=1S/C11H13FN2O4/c1-6-3-2-4-7(12)9(6)14-11(18)13-8(5-15)10(16)17/h2-4,8,15H,5H2,1H3,(H,16,17)(H2,13,14,18)/t8-/m1/s1. The number of rotatable bonds is 4. The van der Waals surface area contributed by atoms with Gasteiger partial charge in [-0.25, -0.2) is 14.0 Å². The Bertz CT molecular complexity index is 444. The largest absolute Gasteiger partial charge is 0.480 e. The number of benzene rings is 1. The van der Waals surface area contributed by atoms with Crippen LogP contribution in [-0.2, 0) is 4.79 Å². The van der Waals surface area contributed by atoms with E-state index in [4.69, 9.17) is 10.2 Å². The van der Waals surface area contributed by atoms with E-state index in [-0.39, 0.29) is 5.69 Å². The highest BCUT2D eigenvalue weighted by Crippen LogP contribution is 2.18. The predicted octanol–water partition coefficient (Wildman–Crippen LogP) is 0.701. The number of carboxylic acid groups (broad SMARTS) is 1. The molecule has 98 valence electrons. The topological polar surface area (TPSA) is 98.7 Å². The maximum atomic E-state index is 13.4. The van der Waals surface area contributed by atoms with Crippen LogP contribution in [-0.4, -0.2) is 34.9 Å². The van der Waals surface area contributed by atoms with Crippen LogP contribution in [0, 0.1) is 12.7 Å². The third-order valence-electron chi connectivity index (χ3n) is 2.25. The van der Waals surface area contributed by atoms with Crippen molar-refractivity contribution in [3.63, 3.8) is 0 Å². The van der Waals surface area contributed by atoms with E-state index in [0.29, 0.717) is 5.56 Å². The first-order chi connectivity index (χ1) is 8.45. The molecule has 7 heteroatoms. The van der Waals surface area contributed by atoms with Gasteiger partial charge in [0.15, 0.2) is 6.04 Å². The number of carbonyl (C=O) groups is 2. The Kier molecular flexibility index (Phi) is 4.61. The van der Waals surface area contributed by atoms with Gasteiger partial charge in [0.05, 0.1) is 12.3 Å². The molecule has 0 bridgehead atoms. The summed E-state index contributed by atoms with van der Waals surface area (Å²) in [5.74, 6) is -2.00. The number of aliphatic hydroxyl groups is 1. The molecule has 6 nitrogen and oxygen atoms in total. The Morgan fingerprint density at radius 2 is 2.11 bits per heavy atom. The number of amides is 2. The molecule has 1 rings (SSSR count). The smallest absolute Gasteiger partial charge is 0.328 e. The maximum absolute atomic E-state index is 13.4. The van der Waals surface area contributed by atoms with E-state index in [1.807, 2.05) is 5.32 Å². The molecule has 0 aliphatic carbocycles. The number of hydrogen-bond acceptors (Lipinski definition) is 3. The zero-order valence-corrected chi connectivity index (χ0v) is 9.61. The lowest BCUT2D eigenvalue weighted by atomic mass is 10.2. The highest BCUT2D eigenvalue weighted by Gasteiger charge is 2.19. The summed E-state index contributed by atoms with van der Waals surface area (Å²) in [6.45, 7) is 0.846. The summed E-state index contributed by atoms with van der Waals surface area (Å²) in [5.41, 5.74) is 0.470. The molecule has 0 fully saturated rings. The summed E-state index contributed by atoms with van der Waals surface area (Å²) in [7, 11) is 0. The molecule has 0 aromatic heterocycles. The first-order valence-electron chi connectivity index (χ1n) is 5.12. The number of nitrogens with one attached hydrogen (secondary N) is 2. The Hall–Kier alpha value is -2.15. The Morgan fingerprint density at radius 3 is 2.61 bits per heavy atom. The monoisotopic (exact) mass is 256 g/mol. The highest BCUT2D eigenvalue weighted by atomic mass is 19.1. The van der Waals surface area contributed by atoms with E-state index in [2.05, 4.69) is 5.32 Å². The van der Waals surface area contributed by atoms with Gasteiger partial charge in [0.25, 0.3) is 0 Å². The number of urea groups is 1. The Morgan fingerprint density at radius 1 is 1.44 bits per heavy atom. The van der Waals surface area contributed by atoms with Gasteiger partial charge in [-0.15, -0.1) is 0 Å². The van der Waals surface area contributed by atoms with Crippen LogP contribution in [0.4, 0.5) is 14.9 Å². The second-order valence-corrected chi connectivity index (χ2v) is 3.60. The van der Waals surface area contributed by atoms with Crippen molar-refractivity contribution >= 4 is 17.7 Å². The average Bonchev–Trinajstić information content (AvgIpc) is 2.30. The quantitative estimate of drug-likeness (QED) is 0.637. The molecule has 18 heavy (non-hydrogen) atoms.